The van der Waals surface area contributed by atoms with Crippen molar-refractivity contribution < 1.29 is 17.6 Å². The summed E-state index contributed by atoms with van der Waals surface area (Å²) in [5.41, 5.74) is 2.18. The predicted octanol–water partition coefficient (Wildman–Crippen LogP) is 4.62. The summed E-state index contributed by atoms with van der Waals surface area (Å²) in [6.07, 6.45) is 5.09. The molecule has 3 nitrogen and oxygen atoms in total. The predicted molar refractivity (Wildman–Crippen MR) is 94.0 cm³/mol. The number of aryl methyl sites for hydroxylation is 2. The van der Waals surface area contributed by atoms with Crippen molar-refractivity contribution >= 4 is 12.2 Å². The van der Waals surface area contributed by atoms with E-state index in [9.17, 15) is 17.6 Å². The SMILES string of the molecule is Fc1cc(F)c(F)c([C@H]2Cc3c(CCc4cccnc4)[nH]c(=S)n3C2)c1F. The van der Waals surface area contributed by atoms with E-state index in [2.05, 4.69) is 9.97 Å². The third kappa shape index (κ3) is 3.18. The lowest BCUT2D eigenvalue weighted by Gasteiger charge is -2.13. The monoisotopic (exact) mass is 393 g/mol. The Bertz CT molecular complexity index is 1030. The Labute approximate surface area is 157 Å². The minimum Gasteiger partial charge on any atom is -0.334 e. The summed E-state index contributed by atoms with van der Waals surface area (Å²) < 4.78 is 57.7. The standard InChI is InChI=1S/C19H15F4N3S/c20-12-7-13(21)18(23)16(17(12)22)11-6-15-14(25-19(27)26(15)9-11)4-3-10-2-1-5-24-8-10/h1-2,5,7-8,11H,3-4,6,9H2,(H,25,27)/t11-/m0/s1. The summed E-state index contributed by atoms with van der Waals surface area (Å²) in [5, 5.41) is 0. The number of imidazole rings is 1. The second kappa shape index (κ2) is 6.92. The van der Waals surface area contributed by atoms with E-state index < -0.39 is 34.8 Å². The van der Waals surface area contributed by atoms with E-state index in [0.717, 1.165) is 23.4 Å². The number of pyridine rings is 1. The molecule has 3 aromatic rings. The summed E-state index contributed by atoms with van der Waals surface area (Å²) in [6.45, 7) is 0.175. The van der Waals surface area contributed by atoms with Crippen LogP contribution in [0.4, 0.5) is 17.6 Å². The number of nitrogens with one attached hydrogen (secondary N) is 1. The van der Waals surface area contributed by atoms with Crippen molar-refractivity contribution in [2.75, 3.05) is 0 Å². The first-order chi connectivity index (χ1) is 13.0. The van der Waals surface area contributed by atoms with Crippen LogP contribution in [0.25, 0.3) is 0 Å². The Balaban J connectivity index is 1.62. The van der Waals surface area contributed by atoms with Gasteiger partial charge in [0, 0.05) is 47.9 Å². The van der Waals surface area contributed by atoms with Crippen LogP contribution in [0, 0.1) is 28.0 Å². The van der Waals surface area contributed by atoms with Crippen LogP contribution in [0.15, 0.2) is 30.6 Å². The van der Waals surface area contributed by atoms with Gasteiger partial charge in [-0.25, -0.2) is 17.6 Å². The Morgan fingerprint density at radius 1 is 1.15 bits per heavy atom. The third-order valence-electron chi connectivity index (χ3n) is 4.96. The summed E-state index contributed by atoms with van der Waals surface area (Å²) in [6, 6.07) is 4.04. The molecular formula is C19H15F4N3S. The fraction of sp³-hybridized carbons (Fsp3) is 0.263. The topological polar surface area (TPSA) is 33.6 Å². The summed E-state index contributed by atoms with van der Waals surface area (Å²) in [5.74, 6) is -6.16. The van der Waals surface area contributed by atoms with Gasteiger partial charge in [0.15, 0.2) is 28.0 Å². The maximum Gasteiger partial charge on any atom is 0.177 e. The Morgan fingerprint density at radius 3 is 2.56 bits per heavy atom. The van der Waals surface area contributed by atoms with Gasteiger partial charge in [-0.05, 0) is 43.1 Å². The van der Waals surface area contributed by atoms with E-state index in [0.29, 0.717) is 11.2 Å². The smallest absolute Gasteiger partial charge is 0.177 e. The van der Waals surface area contributed by atoms with Crippen molar-refractivity contribution in [3.8, 4) is 0 Å². The number of benzene rings is 1. The highest BCUT2D eigenvalue weighted by Crippen LogP contribution is 2.36. The zero-order valence-corrected chi connectivity index (χ0v) is 14.9. The molecule has 0 fully saturated rings. The number of H-pyrrole nitrogens is 1. The molecule has 0 saturated heterocycles. The van der Waals surface area contributed by atoms with Crippen molar-refractivity contribution in [3.63, 3.8) is 0 Å². The first-order valence-electron chi connectivity index (χ1n) is 8.48. The number of aromatic nitrogens is 3. The molecule has 0 radical (unpaired) electrons. The molecule has 27 heavy (non-hydrogen) atoms. The maximum absolute atomic E-state index is 14.2. The summed E-state index contributed by atoms with van der Waals surface area (Å²) in [7, 11) is 0. The lowest BCUT2D eigenvalue weighted by molar-refractivity contribution is 0.423. The third-order valence-corrected chi connectivity index (χ3v) is 5.28. The van der Waals surface area contributed by atoms with Crippen molar-refractivity contribution in [1.82, 2.24) is 14.5 Å². The molecule has 1 aliphatic heterocycles. The number of halogens is 4. The number of hydrogen-bond donors (Lipinski definition) is 1. The van der Waals surface area contributed by atoms with Crippen LogP contribution >= 0.6 is 12.2 Å². The van der Waals surface area contributed by atoms with E-state index in [4.69, 9.17) is 12.2 Å². The zero-order valence-electron chi connectivity index (χ0n) is 14.1. The van der Waals surface area contributed by atoms with Gasteiger partial charge in [0.2, 0.25) is 0 Å². The van der Waals surface area contributed by atoms with Crippen molar-refractivity contribution in [3.05, 3.63) is 81.1 Å². The van der Waals surface area contributed by atoms with E-state index in [1.54, 1.807) is 17.0 Å². The normalized spacial score (nSPS) is 15.9. The van der Waals surface area contributed by atoms with E-state index in [-0.39, 0.29) is 19.0 Å². The van der Waals surface area contributed by atoms with Gasteiger partial charge in [-0.15, -0.1) is 0 Å². The largest absolute Gasteiger partial charge is 0.334 e. The van der Waals surface area contributed by atoms with Gasteiger partial charge in [0.25, 0.3) is 0 Å². The van der Waals surface area contributed by atoms with Crippen LogP contribution in [0.2, 0.25) is 0 Å². The minimum absolute atomic E-state index is 0.175. The van der Waals surface area contributed by atoms with Crippen LogP contribution in [-0.4, -0.2) is 14.5 Å². The molecule has 0 saturated carbocycles. The van der Waals surface area contributed by atoms with E-state index in [1.807, 2.05) is 12.1 Å². The molecule has 1 aliphatic rings. The second-order valence-corrected chi connectivity index (χ2v) is 7.00. The minimum atomic E-state index is -1.39. The number of rotatable bonds is 4. The van der Waals surface area contributed by atoms with Crippen molar-refractivity contribution in [2.45, 2.75) is 31.7 Å². The van der Waals surface area contributed by atoms with Gasteiger partial charge in [-0.3, -0.25) is 4.98 Å². The molecule has 0 bridgehead atoms. The quantitative estimate of drug-likeness (QED) is 0.399. The fourth-order valence-electron chi connectivity index (χ4n) is 3.66. The molecule has 4 rings (SSSR count). The molecule has 0 spiro atoms. The van der Waals surface area contributed by atoms with Crippen LogP contribution in [0.5, 0.6) is 0 Å². The molecule has 0 aliphatic carbocycles. The van der Waals surface area contributed by atoms with Crippen molar-refractivity contribution in [1.29, 1.82) is 0 Å². The van der Waals surface area contributed by atoms with Gasteiger partial charge in [-0.2, -0.15) is 0 Å². The first-order valence-corrected chi connectivity index (χ1v) is 8.89. The summed E-state index contributed by atoms with van der Waals surface area (Å²) >= 11 is 5.31. The molecule has 0 unspecified atom stereocenters. The fourth-order valence-corrected chi connectivity index (χ4v) is 3.97. The number of fused-ring (bicyclic) bond motifs is 1. The molecule has 3 heterocycles. The maximum atomic E-state index is 14.2. The van der Waals surface area contributed by atoms with Gasteiger partial charge < -0.3 is 9.55 Å². The van der Waals surface area contributed by atoms with E-state index >= 15 is 0 Å². The van der Waals surface area contributed by atoms with Gasteiger partial charge in [-0.1, -0.05) is 6.07 Å². The van der Waals surface area contributed by atoms with Crippen LogP contribution in [-0.2, 0) is 25.8 Å². The number of hydrogen-bond acceptors (Lipinski definition) is 2. The molecule has 2 aromatic heterocycles. The Morgan fingerprint density at radius 2 is 1.89 bits per heavy atom. The lowest BCUT2D eigenvalue weighted by Crippen LogP contribution is -2.10. The van der Waals surface area contributed by atoms with Crippen molar-refractivity contribution in [2.24, 2.45) is 0 Å². The molecule has 1 atom stereocenters. The lowest BCUT2D eigenvalue weighted by atomic mass is 9.94. The highest BCUT2D eigenvalue weighted by molar-refractivity contribution is 7.71. The van der Waals surface area contributed by atoms with Crippen LogP contribution in [0.1, 0.15) is 28.4 Å². The van der Waals surface area contributed by atoms with Crippen LogP contribution in [0.3, 0.4) is 0 Å². The first kappa shape index (κ1) is 17.9. The highest BCUT2D eigenvalue weighted by Gasteiger charge is 2.33. The highest BCUT2D eigenvalue weighted by atomic mass is 32.1. The number of aromatic amines is 1. The van der Waals surface area contributed by atoms with Gasteiger partial charge in [0.05, 0.1) is 0 Å². The average molecular weight is 393 g/mol. The zero-order chi connectivity index (χ0) is 19.1. The summed E-state index contributed by atoms with van der Waals surface area (Å²) in [4.78, 5) is 7.20. The van der Waals surface area contributed by atoms with Gasteiger partial charge >= 0.3 is 0 Å². The van der Waals surface area contributed by atoms with Crippen LogP contribution < -0.4 is 0 Å². The Hall–Kier alpha value is -2.48. The molecule has 0 amide bonds. The Kier molecular flexibility index (Phi) is 4.59. The molecule has 140 valence electrons. The molecular weight excluding hydrogens is 378 g/mol. The van der Waals surface area contributed by atoms with Gasteiger partial charge in [0.1, 0.15) is 0 Å². The average Bonchev–Trinajstić information content (AvgIpc) is 3.20. The molecule has 1 N–H and O–H groups in total. The molecule has 8 heteroatoms. The molecule has 1 aromatic carbocycles. The number of nitrogens with zero attached hydrogens (tertiary/aromatic N) is 2. The van der Waals surface area contributed by atoms with E-state index in [1.165, 1.54) is 0 Å². The second-order valence-electron chi connectivity index (χ2n) is 6.61.